The molecule has 0 radical (unpaired) electrons. The molecule has 7 heteroatoms. The van der Waals surface area contributed by atoms with Crippen LogP contribution in [0.5, 0.6) is 0 Å². The number of carbonyl (C=O) groups excluding carboxylic acids is 1. The first-order valence-corrected chi connectivity index (χ1v) is 10.0. The van der Waals surface area contributed by atoms with Crippen LogP contribution < -0.4 is 11.3 Å². The zero-order valence-electron chi connectivity index (χ0n) is 16.6. The molecule has 1 aromatic heterocycles. The molecule has 146 valence electrons. The summed E-state index contributed by atoms with van der Waals surface area (Å²) in [6.45, 7) is 8.61. The average Bonchev–Trinajstić information content (AvgIpc) is 3.10. The fraction of sp³-hybridized carbons (Fsp3) is 0.286. The van der Waals surface area contributed by atoms with E-state index in [1.165, 1.54) is 22.9 Å². The van der Waals surface area contributed by atoms with E-state index in [0.717, 1.165) is 17.1 Å². The highest BCUT2D eigenvalue weighted by atomic mass is 32.2. The normalized spacial score (nSPS) is 11.5. The molecule has 1 amide bonds. The number of amides is 1. The van der Waals surface area contributed by atoms with E-state index in [0.29, 0.717) is 5.16 Å². The highest BCUT2D eigenvalue weighted by molar-refractivity contribution is 7.99. The molecule has 3 rings (SSSR count). The summed E-state index contributed by atoms with van der Waals surface area (Å²) in [4.78, 5) is 11.6. The molecule has 0 saturated heterocycles. The van der Waals surface area contributed by atoms with E-state index in [-0.39, 0.29) is 17.1 Å². The third-order valence-electron chi connectivity index (χ3n) is 4.43. The van der Waals surface area contributed by atoms with Gasteiger partial charge in [-0.05, 0) is 30.0 Å². The first-order valence-electron chi connectivity index (χ1n) is 9.05. The largest absolute Gasteiger partial charge is 0.294 e. The van der Waals surface area contributed by atoms with Crippen molar-refractivity contribution in [2.75, 3.05) is 5.75 Å². The van der Waals surface area contributed by atoms with Crippen LogP contribution in [-0.2, 0) is 10.2 Å². The summed E-state index contributed by atoms with van der Waals surface area (Å²) in [7, 11) is 0. The lowest BCUT2D eigenvalue weighted by Gasteiger charge is -2.19. The Morgan fingerprint density at radius 1 is 1.07 bits per heavy atom. The van der Waals surface area contributed by atoms with Crippen LogP contribution in [0.15, 0.2) is 53.7 Å². The van der Waals surface area contributed by atoms with Gasteiger partial charge in [-0.15, -0.1) is 10.2 Å². The first-order chi connectivity index (χ1) is 13.3. The van der Waals surface area contributed by atoms with Crippen molar-refractivity contribution >= 4 is 17.7 Å². The second-order valence-electron chi connectivity index (χ2n) is 7.66. The number of hydrogen-bond acceptors (Lipinski definition) is 5. The molecule has 0 bridgehead atoms. The zero-order chi connectivity index (χ0) is 20.3. The molecule has 0 atom stereocenters. The number of hydrazine groups is 1. The minimum absolute atomic E-state index is 0.0831. The van der Waals surface area contributed by atoms with Gasteiger partial charge in [0.05, 0.1) is 5.75 Å². The monoisotopic (exact) mass is 395 g/mol. The summed E-state index contributed by atoms with van der Waals surface area (Å²) in [5.41, 5.74) is 6.57. The van der Waals surface area contributed by atoms with Gasteiger partial charge in [-0.3, -0.25) is 14.8 Å². The van der Waals surface area contributed by atoms with Crippen LogP contribution >= 0.6 is 11.8 Å². The summed E-state index contributed by atoms with van der Waals surface area (Å²) in [5.74, 6) is 5.83. The van der Waals surface area contributed by atoms with Crippen molar-refractivity contribution < 1.29 is 4.79 Å². The maximum Gasteiger partial charge on any atom is 0.244 e. The van der Waals surface area contributed by atoms with Crippen LogP contribution in [0.3, 0.4) is 0 Å². The van der Waals surface area contributed by atoms with Gasteiger partial charge in [-0.25, -0.2) is 5.84 Å². The van der Waals surface area contributed by atoms with Gasteiger partial charge in [0.15, 0.2) is 11.0 Å². The molecule has 6 nitrogen and oxygen atoms in total. The van der Waals surface area contributed by atoms with E-state index < -0.39 is 0 Å². The molecule has 0 unspecified atom stereocenters. The Morgan fingerprint density at radius 3 is 2.29 bits per heavy atom. The predicted octanol–water partition coefficient (Wildman–Crippen LogP) is 3.62. The Morgan fingerprint density at radius 2 is 1.71 bits per heavy atom. The van der Waals surface area contributed by atoms with Gasteiger partial charge in [0.25, 0.3) is 0 Å². The number of nitrogens with one attached hydrogen (secondary N) is 1. The lowest BCUT2D eigenvalue weighted by atomic mass is 9.87. The SMILES string of the molecule is Cc1ccc(-n2c(SCC(=O)NN)nnc2-c2ccc(C(C)(C)C)cc2)cc1. The number of carbonyl (C=O) groups is 1. The summed E-state index contributed by atoms with van der Waals surface area (Å²) < 4.78 is 1.97. The van der Waals surface area contributed by atoms with E-state index in [4.69, 9.17) is 5.84 Å². The smallest absolute Gasteiger partial charge is 0.244 e. The molecule has 0 aliphatic carbocycles. The lowest BCUT2D eigenvalue weighted by molar-refractivity contribution is -0.118. The third-order valence-corrected chi connectivity index (χ3v) is 5.36. The fourth-order valence-electron chi connectivity index (χ4n) is 2.77. The average molecular weight is 396 g/mol. The summed E-state index contributed by atoms with van der Waals surface area (Å²) in [6.07, 6.45) is 0. The molecule has 0 aliphatic heterocycles. The van der Waals surface area contributed by atoms with E-state index in [2.05, 4.69) is 60.7 Å². The lowest BCUT2D eigenvalue weighted by Crippen LogP contribution is -2.31. The maximum atomic E-state index is 11.6. The predicted molar refractivity (Wildman–Crippen MR) is 113 cm³/mol. The van der Waals surface area contributed by atoms with Gasteiger partial charge in [0, 0.05) is 11.3 Å². The van der Waals surface area contributed by atoms with Crippen LogP contribution in [0.2, 0.25) is 0 Å². The van der Waals surface area contributed by atoms with Gasteiger partial charge in [0.1, 0.15) is 0 Å². The topological polar surface area (TPSA) is 85.8 Å². The van der Waals surface area contributed by atoms with Crippen molar-refractivity contribution in [3.8, 4) is 17.1 Å². The number of aromatic nitrogens is 3. The molecule has 2 aromatic carbocycles. The van der Waals surface area contributed by atoms with Crippen LogP contribution in [0.25, 0.3) is 17.1 Å². The summed E-state index contributed by atoms with van der Waals surface area (Å²) in [6, 6.07) is 16.5. The van der Waals surface area contributed by atoms with Crippen LogP contribution in [0, 0.1) is 6.92 Å². The van der Waals surface area contributed by atoms with Crippen molar-refractivity contribution in [2.45, 2.75) is 38.3 Å². The van der Waals surface area contributed by atoms with E-state index in [9.17, 15) is 4.79 Å². The summed E-state index contributed by atoms with van der Waals surface area (Å²) in [5, 5.41) is 9.37. The maximum absolute atomic E-state index is 11.6. The van der Waals surface area contributed by atoms with Gasteiger partial charge in [-0.2, -0.15) is 0 Å². The number of nitrogens with two attached hydrogens (primary N) is 1. The molecule has 0 fully saturated rings. The Labute approximate surface area is 169 Å². The number of benzene rings is 2. The van der Waals surface area contributed by atoms with E-state index in [1.54, 1.807) is 0 Å². The second-order valence-corrected chi connectivity index (χ2v) is 8.60. The highest BCUT2D eigenvalue weighted by Crippen LogP contribution is 2.30. The van der Waals surface area contributed by atoms with Crippen LogP contribution in [0.1, 0.15) is 31.9 Å². The molecule has 3 aromatic rings. The Balaban J connectivity index is 2.04. The van der Waals surface area contributed by atoms with Crippen molar-refractivity contribution in [3.63, 3.8) is 0 Å². The van der Waals surface area contributed by atoms with Gasteiger partial charge in [-0.1, -0.05) is 74.5 Å². The standard InChI is InChI=1S/C21H25N5OS/c1-14-5-11-17(12-6-14)26-19(24-25-20(26)28-13-18(27)23-22)15-7-9-16(10-8-15)21(2,3)4/h5-12H,13,22H2,1-4H3,(H,23,27). The molecule has 28 heavy (non-hydrogen) atoms. The Kier molecular flexibility index (Phi) is 5.86. The molecule has 3 N–H and O–H groups in total. The van der Waals surface area contributed by atoms with Crippen molar-refractivity contribution in [3.05, 3.63) is 59.7 Å². The molecule has 0 spiro atoms. The van der Waals surface area contributed by atoms with Gasteiger partial charge < -0.3 is 0 Å². The van der Waals surface area contributed by atoms with Crippen LogP contribution in [-0.4, -0.2) is 26.4 Å². The fourth-order valence-corrected chi connectivity index (χ4v) is 3.53. The number of hydrogen-bond donors (Lipinski definition) is 2. The number of thioether (sulfide) groups is 1. The van der Waals surface area contributed by atoms with Crippen molar-refractivity contribution in [1.29, 1.82) is 0 Å². The Bertz CT molecular complexity index is 956. The molecule has 0 aliphatic rings. The van der Waals surface area contributed by atoms with Crippen LogP contribution in [0.4, 0.5) is 0 Å². The number of nitrogens with zero attached hydrogens (tertiary/aromatic N) is 3. The minimum Gasteiger partial charge on any atom is -0.294 e. The number of rotatable bonds is 5. The highest BCUT2D eigenvalue weighted by Gasteiger charge is 2.18. The molecule has 0 saturated carbocycles. The first kappa shape index (κ1) is 20.1. The van der Waals surface area contributed by atoms with Crippen molar-refractivity contribution in [2.24, 2.45) is 5.84 Å². The molecule has 1 heterocycles. The zero-order valence-corrected chi connectivity index (χ0v) is 17.4. The quantitative estimate of drug-likeness (QED) is 0.298. The van der Waals surface area contributed by atoms with Crippen molar-refractivity contribution in [1.82, 2.24) is 20.2 Å². The Hall–Kier alpha value is -2.64. The molecular weight excluding hydrogens is 370 g/mol. The third kappa shape index (κ3) is 4.43. The van der Waals surface area contributed by atoms with E-state index >= 15 is 0 Å². The summed E-state index contributed by atoms with van der Waals surface area (Å²) >= 11 is 1.30. The minimum atomic E-state index is -0.264. The van der Waals surface area contributed by atoms with Gasteiger partial charge >= 0.3 is 0 Å². The number of aryl methyl sites for hydroxylation is 1. The van der Waals surface area contributed by atoms with Gasteiger partial charge in [0.2, 0.25) is 5.91 Å². The second kappa shape index (κ2) is 8.16. The molecular formula is C21H25N5OS. The van der Waals surface area contributed by atoms with E-state index in [1.807, 2.05) is 35.8 Å².